The van der Waals surface area contributed by atoms with Crippen molar-refractivity contribution in [3.05, 3.63) is 146 Å². The monoisotopic (exact) mass is 604 g/mol. The Morgan fingerprint density at radius 2 is 1.20 bits per heavy atom. The molecule has 0 radical (unpaired) electrons. The van der Waals surface area contributed by atoms with E-state index in [1.54, 1.807) is 0 Å². The second kappa shape index (κ2) is 9.80. The van der Waals surface area contributed by atoms with Crippen LogP contribution in [0.1, 0.15) is 0 Å². The molecule has 0 atom stereocenters. The van der Waals surface area contributed by atoms with Gasteiger partial charge in [0, 0.05) is 53.5 Å². The van der Waals surface area contributed by atoms with E-state index in [9.17, 15) is 0 Å². The Morgan fingerprint density at radius 3 is 2.09 bits per heavy atom. The molecule has 0 aliphatic carbocycles. The summed E-state index contributed by atoms with van der Waals surface area (Å²) in [6, 6.07) is 49.3. The second-order valence-electron chi connectivity index (χ2n) is 11.6. The van der Waals surface area contributed by atoms with E-state index < -0.39 is 0 Å². The van der Waals surface area contributed by atoms with E-state index in [0.29, 0.717) is 11.6 Å². The minimum absolute atomic E-state index is 0.614. The van der Waals surface area contributed by atoms with Crippen LogP contribution in [0.15, 0.2) is 146 Å². The lowest BCUT2D eigenvalue weighted by molar-refractivity contribution is 1.01. The maximum absolute atomic E-state index is 5.39. The van der Waals surface area contributed by atoms with Gasteiger partial charge in [-0.05, 0) is 46.8 Å². The topological polar surface area (TPSA) is 43.6 Å². The normalized spacial score (nSPS) is 11.9. The zero-order valence-corrected chi connectivity index (χ0v) is 25.4. The molecule has 0 N–H and O–H groups in total. The number of para-hydroxylation sites is 1. The van der Waals surface area contributed by atoms with Crippen LogP contribution < -0.4 is 0 Å². The summed E-state index contributed by atoms with van der Waals surface area (Å²) < 4.78 is 4.84. The first-order chi connectivity index (χ1) is 22.8. The van der Waals surface area contributed by atoms with Crippen molar-refractivity contribution in [2.75, 3.05) is 0 Å². The molecule has 5 heteroatoms. The third-order valence-electron chi connectivity index (χ3n) is 9.05. The molecule has 10 aromatic rings. The van der Waals surface area contributed by atoms with Crippen molar-refractivity contribution in [3.63, 3.8) is 0 Å². The Hall–Kier alpha value is -5.91. The number of fused-ring (bicyclic) bond motifs is 11. The fraction of sp³-hybridized carbons (Fsp3) is 0. The average Bonchev–Trinajstić information content (AvgIpc) is 3.69. The molecule has 6 aromatic carbocycles. The quantitative estimate of drug-likeness (QED) is 0.201. The molecule has 0 spiro atoms. The molecule has 214 valence electrons. The Labute approximate surface area is 267 Å². The van der Waals surface area contributed by atoms with E-state index in [1.807, 2.05) is 29.7 Å². The summed E-state index contributed by atoms with van der Waals surface area (Å²) in [5, 5.41) is 8.38. The van der Waals surface area contributed by atoms with Crippen molar-refractivity contribution in [2.24, 2.45) is 0 Å². The molecule has 4 nitrogen and oxygen atoms in total. The van der Waals surface area contributed by atoms with Crippen LogP contribution in [0.25, 0.3) is 92.1 Å². The Bertz CT molecular complexity index is 2810. The number of nitrogens with zero attached hydrogens (tertiary/aromatic N) is 4. The summed E-state index contributed by atoms with van der Waals surface area (Å²) in [5.74, 6) is 0.614. The first kappa shape index (κ1) is 25.4. The predicted molar refractivity (Wildman–Crippen MR) is 193 cm³/mol. The highest BCUT2D eigenvalue weighted by Crippen LogP contribution is 2.47. The molecular weight excluding hydrogens is 581 g/mol. The van der Waals surface area contributed by atoms with Gasteiger partial charge in [-0.3, -0.25) is 4.57 Å². The smallest absolute Gasteiger partial charge is 0.237 e. The summed E-state index contributed by atoms with van der Waals surface area (Å²) in [5.41, 5.74) is 7.07. The van der Waals surface area contributed by atoms with Crippen LogP contribution in [0.4, 0.5) is 0 Å². The molecule has 46 heavy (non-hydrogen) atoms. The molecule has 4 aromatic heterocycles. The summed E-state index contributed by atoms with van der Waals surface area (Å²) in [4.78, 5) is 15.3. The molecule has 0 amide bonds. The van der Waals surface area contributed by atoms with Crippen molar-refractivity contribution in [1.82, 2.24) is 19.5 Å². The first-order valence-corrected chi connectivity index (χ1v) is 16.2. The van der Waals surface area contributed by atoms with E-state index in [-0.39, 0.29) is 0 Å². The van der Waals surface area contributed by atoms with Gasteiger partial charge in [0.15, 0.2) is 5.65 Å². The Kier molecular flexibility index (Phi) is 5.41. The molecule has 0 unspecified atom stereocenters. The number of thiophene rings is 1. The molecule has 4 heterocycles. The molecule has 0 aliphatic heterocycles. The van der Waals surface area contributed by atoms with Crippen LogP contribution in [0.5, 0.6) is 0 Å². The molecule has 0 bridgehead atoms. The van der Waals surface area contributed by atoms with E-state index >= 15 is 0 Å². The number of benzene rings is 6. The minimum atomic E-state index is 0.614. The maximum Gasteiger partial charge on any atom is 0.237 e. The van der Waals surface area contributed by atoms with Gasteiger partial charge in [-0.15, -0.1) is 11.3 Å². The molecule has 10 rings (SSSR count). The number of aromatic nitrogens is 4. The summed E-state index contributed by atoms with van der Waals surface area (Å²) in [6.07, 6.45) is 1.81. The fourth-order valence-electron chi connectivity index (χ4n) is 7.08. The van der Waals surface area contributed by atoms with Crippen molar-refractivity contribution < 1.29 is 0 Å². The highest BCUT2D eigenvalue weighted by Gasteiger charge is 2.23. The molecule has 0 aliphatic rings. The van der Waals surface area contributed by atoms with Crippen molar-refractivity contribution in [3.8, 4) is 28.3 Å². The van der Waals surface area contributed by atoms with Gasteiger partial charge in [0.2, 0.25) is 5.95 Å². The van der Waals surface area contributed by atoms with Gasteiger partial charge < -0.3 is 0 Å². The van der Waals surface area contributed by atoms with Gasteiger partial charge in [0.25, 0.3) is 0 Å². The molecule has 0 saturated carbocycles. The highest BCUT2D eigenvalue weighted by molar-refractivity contribution is 7.27. The van der Waals surface area contributed by atoms with Crippen LogP contribution in [0.2, 0.25) is 0 Å². The zero-order valence-electron chi connectivity index (χ0n) is 24.6. The lowest BCUT2D eigenvalue weighted by Gasteiger charge is -2.13. The van der Waals surface area contributed by atoms with Gasteiger partial charge in [0.05, 0.1) is 16.7 Å². The number of pyridine rings is 1. The van der Waals surface area contributed by atoms with Gasteiger partial charge in [-0.1, -0.05) is 109 Å². The van der Waals surface area contributed by atoms with Crippen LogP contribution in [-0.2, 0) is 0 Å². The third kappa shape index (κ3) is 3.63. The average molecular weight is 605 g/mol. The van der Waals surface area contributed by atoms with Gasteiger partial charge in [-0.2, -0.15) is 4.98 Å². The van der Waals surface area contributed by atoms with E-state index in [0.717, 1.165) is 33.2 Å². The lowest BCUT2D eigenvalue weighted by Crippen LogP contribution is -2.04. The van der Waals surface area contributed by atoms with Gasteiger partial charge in [-0.25, -0.2) is 9.97 Å². The van der Waals surface area contributed by atoms with Crippen molar-refractivity contribution in [1.29, 1.82) is 0 Å². The Balaban J connectivity index is 1.35. The van der Waals surface area contributed by atoms with Crippen molar-refractivity contribution >= 4 is 75.1 Å². The van der Waals surface area contributed by atoms with Gasteiger partial charge in [0.1, 0.15) is 0 Å². The van der Waals surface area contributed by atoms with E-state index in [1.165, 1.54) is 47.3 Å². The largest absolute Gasteiger partial charge is 0.277 e. The van der Waals surface area contributed by atoms with E-state index in [2.05, 4.69) is 132 Å². The number of hydrogen-bond donors (Lipinski definition) is 0. The summed E-state index contributed by atoms with van der Waals surface area (Å²) in [7, 11) is 0. The van der Waals surface area contributed by atoms with E-state index in [4.69, 9.17) is 15.0 Å². The highest BCUT2D eigenvalue weighted by atomic mass is 32.1. The maximum atomic E-state index is 5.39. The van der Waals surface area contributed by atoms with Crippen LogP contribution in [0.3, 0.4) is 0 Å². The van der Waals surface area contributed by atoms with Crippen LogP contribution in [0, 0.1) is 0 Å². The SMILES string of the molecule is c1ccc(-c2cccc(-c3nc(-n4c5ccccc5c5c6sc7ccccc7c6c6ccccc6c54)nc4ncccc34)c2)cc1. The zero-order chi connectivity index (χ0) is 30.2. The molecule has 0 saturated heterocycles. The molecule has 0 fully saturated rings. The van der Waals surface area contributed by atoms with Crippen molar-refractivity contribution in [2.45, 2.75) is 0 Å². The summed E-state index contributed by atoms with van der Waals surface area (Å²) >= 11 is 1.86. The third-order valence-corrected chi connectivity index (χ3v) is 10.2. The standard InChI is InChI=1S/C41H24N4S/c1-2-12-25(13-3-1)26-14-10-15-27(24-26)37-32-20-11-23-42-40(32)44-41(43-37)45-33-21-8-6-18-30(33)36-38(45)29-17-5-4-16-28(29)35-31-19-7-9-22-34(31)46-39(35)36/h1-24H. The fourth-order valence-corrected chi connectivity index (χ4v) is 8.35. The predicted octanol–water partition coefficient (Wildman–Crippen LogP) is 11.0. The number of rotatable bonds is 3. The first-order valence-electron chi connectivity index (χ1n) is 15.4. The lowest BCUT2D eigenvalue weighted by atomic mass is 10.00. The number of hydrogen-bond acceptors (Lipinski definition) is 4. The van der Waals surface area contributed by atoms with Crippen LogP contribution in [-0.4, -0.2) is 19.5 Å². The summed E-state index contributed by atoms with van der Waals surface area (Å²) in [6.45, 7) is 0. The minimum Gasteiger partial charge on any atom is -0.277 e. The van der Waals surface area contributed by atoms with Crippen LogP contribution >= 0.6 is 11.3 Å². The Morgan fingerprint density at radius 1 is 0.500 bits per heavy atom. The second-order valence-corrected chi connectivity index (χ2v) is 12.7. The molecular formula is C41H24N4S. The van der Waals surface area contributed by atoms with Gasteiger partial charge >= 0.3 is 0 Å².